The van der Waals surface area contributed by atoms with E-state index < -0.39 is 37.0 Å². The van der Waals surface area contributed by atoms with Gasteiger partial charge in [0.25, 0.3) is 10.1 Å². The van der Waals surface area contributed by atoms with E-state index in [1.165, 1.54) is 0 Å². The van der Waals surface area contributed by atoms with Gasteiger partial charge >= 0.3 is 0 Å². The van der Waals surface area contributed by atoms with Gasteiger partial charge in [-0.1, -0.05) is 41.5 Å². The second-order valence-corrected chi connectivity index (χ2v) is 9.51. The van der Waals surface area contributed by atoms with Gasteiger partial charge in [-0.25, -0.2) is 0 Å². The van der Waals surface area contributed by atoms with Crippen LogP contribution in [0.25, 0.3) is 0 Å². The van der Waals surface area contributed by atoms with Crippen LogP contribution in [0.1, 0.15) is 67.2 Å². The highest BCUT2D eigenvalue weighted by molar-refractivity contribution is 7.88. The van der Waals surface area contributed by atoms with Crippen LogP contribution in [0.5, 0.6) is 0 Å². The van der Waals surface area contributed by atoms with Crippen LogP contribution in [0.3, 0.4) is 0 Å². The van der Waals surface area contributed by atoms with Crippen molar-refractivity contribution in [2.45, 2.75) is 72.1 Å². The number of carbonyl (C=O) groups is 1. The summed E-state index contributed by atoms with van der Waals surface area (Å²) in [5.41, 5.74) is 3.50. The Morgan fingerprint density at radius 3 is 1.86 bits per heavy atom. The van der Waals surface area contributed by atoms with Crippen molar-refractivity contribution in [3.8, 4) is 0 Å². The number of hydrogen-bond donors (Lipinski definition) is 2. The summed E-state index contributed by atoms with van der Waals surface area (Å²) in [5, 5.41) is 0. The molecule has 3 atom stereocenters. The molecule has 0 heterocycles. The molecule has 0 aliphatic heterocycles. The van der Waals surface area contributed by atoms with Crippen molar-refractivity contribution >= 4 is 15.9 Å². The molecule has 2 saturated carbocycles. The van der Waals surface area contributed by atoms with Crippen LogP contribution in [-0.2, 0) is 14.9 Å². The average molecular weight is 331 g/mol. The molecule has 128 valence electrons. The molecule has 2 fully saturated rings. The number of Topliss-reactive ketones (excluding diaryl/α,β-unsaturated/α-hetero) is 1. The molecular formula is C16H29NO4S. The minimum Gasteiger partial charge on any atom is -0.304 e. The van der Waals surface area contributed by atoms with Gasteiger partial charge in [0, 0.05) is 10.8 Å². The van der Waals surface area contributed by atoms with Gasteiger partial charge in [0.2, 0.25) is 4.87 Å². The smallest absolute Gasteiger partial charge is 0.291 e. The number of ketones is 1. The van der Waals surface area contributed by atoms with Gasteiger partial charge in [0.1, 0.15) is 0 Å². The Balaban J connectivity index is 3.02. The Morgan fingerprint density at radius 2 is 1.55 bits per heavy atom. The maximum atomic E-state index is 13.1. The molecule has 2 bridgehead atoms. The summed E-state index contributed by atoms with van der Waals surface area (Å²) in [6.45, 7) is 11.7. The molecule has 0 aromatic rings. The molecule has 6 heteroatoms. The molecule has 2 aliphatic rings. The third kappa shape index (κ3) is 1.31. The number of carbonyl (C=O) groups excluding carboxylic acids is 1. The molecule has 0 aromatic heterocycles. The summed E-state index contributed by atoms with van der Waals surface area (Å²) >= 11 is 0. The molecule has 0 amide bonds. The van der Waals surface area contributed by atoms with Gasteiger partial charge < -0.3 is 5.73 Å². The van der Waals surface area contributed by atoms with Gasteiger partial charge in [-0.15, -0.1) is 0 Å². The molecule has 3 unspecified atom stereocenters. The zero-order chi connectivity index (χ0) is 17.4. The molecule has 0 aromatic carbocycles. The van der Waals surface area contributed by atoms with E-state index in [1.54, 1.807) is 0 Å². The van der Waals surface area contributed by atoms with Crippen molar-refractivity contribution in [3.05, 3.63) is 0 Å². The van der Waals surface area contributed by atoms with Crippen LogP contribution in [0.2, 0.25) is 0 Å². The molecule has 2 aliphatic carbocycles. The third-order valence-corrected chi connectivity index (χ3v) is 9.15. The SMILES string of the molecule is CCC1(CC)CC2(C)C(=O)C(N)(S(=O)(=O)O)C1(CC)C2(C)C. The number of fused-ring (bicyclic) bond motifs is 2. The highest BCUT2D eigenvalue weighted by Crippen LogP contribution is 2.82. The lowest BCUT2D eigenvalue weighted by atomic mass is 9.52. The van der Waals surface area contributed by atoms with Crippen LogP contribution >= 0.6 is 0 Å². The molecular weight excluding hydrogens is 302 g/mol. The summed E-state index contributed by atoms with van der Waals surface area (Å²) in [6.07, 6.45) is 2.54. The first kappa shape index (κ1) is 17.9. The first-order valence-electron chi connectivity index (χ1n) is 8.10. The fraction of sp³-hybridized carbons (Fsp3) is 0.938. The lowest BCUT2D eigenvalue weighted by Crippen LogP contribution is -2.70. The number of nitrogens with two attached hydrogens (primary N) is 1. The summed E-state index contributed by atoms with van der Waals surface area (Å²) in [6, 6.07) is 0. The maximum absolute atomic E-state index is 13.1. The molecule has 2 rings (SSSR count). The Morgan fingerprint density at radius 1 is 1.09 bits per heavy atom. The fourth-order valence-electron chi connectivity index (χ4n) is 6.53. The van der Waals surface area contributed by atoms with E-state index >= 15 is 0 Å². The van der Waals surface area contributed by atoms with Crippen molar-refractivity contribution in [1.82, 2.24) is 0 Å². The molecule has 0 saturated heterocycles. The van der Waals surface area contributed by atoms with E-state index in [9.17, 15) is 17.8 Å². The van der Waals surface area contributed by atoms with Gasteiger partial charge in [-0.3, -0.25) is 9.35 Å². The first-order valence-corrected chi connectivity index (χ1v) is 9.54. The summed E-state index contributed by atoms with van der Waals surface area (Å²) in [5.74, 6) is -0.521. The Hall–Kier alpha value is -0.460. The van der Waals surface area contributed by atoms with Gasteiger partial charge in [-0.2, -0.15) is 8.42 Å². The zero-order valence-corrected chi connectivity index (χ0v) is 15.3. The van der Waals surface area contributed by atoms with Crippen LogP contribution in [0.4, 0.5) is 0 Å². The van der Waals surface area contributed by atoms with E-state index in [2.05, 4.69) is 0 Å². The van der Waals surface area contributed by atoms with Crippen molar-refractivity contribution in [2.75, 3.05) is 0 Å². The van der Waals surface area contributed by atoms with Crippen molar-refractivity contribution < 1.29 is 17.8 Å². The lowest BCUT2D eigenvalue weighted by molar-refractivity contribution is -0.136. The van der Waals surface area contributed by atoms with Gasteiger partial charge in [-0.05, 0) is 36.5 Å². The number of hydrogen-bond acceptors (Lipinski definition) is 4. The van der Waals surface area contributed by atoms with E-state index in [4.69, 9.17) is 5.73 Å². The Kier molecular flexibility index (Phi) is 3.52. The van der Waals surface area contributed by atoms with Crippen molar-refractivity contribution in [2.24, 2.45) is 27.4 Å². The van der Waals surface area contributed by atoms with Crippen LogP contribution < -0.4 is 5.73 Å². The van der Waals surface area contributed by atoms with Crippen molar-refractivity contribution in [1.29, 1.82) is 0 Å². The highest BCUT2D eigenvalue weighted by atomic mass is 32.2. The minimum atomic E-state index is -4.72. The summed E-state index contributed by atoms with van der Waals surface area (Å²) in [4.78, 5) is 10.9. The quantitative estimate of drug-likeness (QED) is 0.772. The Bertz CT molecular complexity index is 622. The second-order valence-electron chi connectivity index (χ2n) is 7.92. The molecule has 0 radical (unpaired) electrons. The molecule has 5 nitrogen and oxygen atoms in total. The normalized spacial score (nSPS) is 42.8. The van der Waals surface area contributed by atoms with Gasteiger partial charge in [0.15, 0.2) is 5.78 Å². The van der Waals surface area contributed by atoms with Crippen LogP contribution in [0.15, 0.2) is 0 Å². The predicted molar refractivity (Wildman–Crippen MR) is 85.7 cm³/mol. The minimum absolute atomic E-state index is 0.377. The highest BCUT2D eigenvalue weighted by Gasteiger charge is 2.88. The van der Waals surface area contributed by atoms with E-state index in [1.807, 2.05) is 41.5 Å². The van der Waals surface area contributed by atoms with Gasteiger partial charge in [0.05, 0.1) is 0 Å². The molecule has 3 N–H and O–H groups in total. The van der Waals surface area contributed by atoms with E-state index in [-0.39, 0.29) is 5.41 Å². The zero-order valence-electron chi connectivity index (χ0n) is 14.5. The largest absolute Gasteiger partial charge is 0.304 e. The predicted octanol–water partition coefficient (Wildman–Crippen LogP) is 2.75. The van der Waals surface area contributed by atoms with Crippen LogP contribution in [0, 0.1) is 21.7 Å². The second kappa shape index (κ2) is 4.33. The lowest BCUT2D eigenvalue weighted by Gasteiger charge is -2.56. The first-order chi connectivity index (χ1) is 9.79. The average Bonchev–Trinajstić information content (AvgIpc) is 2.64. The Labute approximate surface area is 133 Å². The number of rotatable bonds is 4. The third-order valence-electron chi connectivity index (χ3n) is 7.81. The summed E-state index contributed by atoms with van der Waals surface area (Å²) < 4.78 is 34.5. The van der Waals surface area contributed by atoms with Crippen LogP contribution in [-0.4, -0.2) is 23.6 Å². The topological polar surface area (TPSA) is 97.5 Å². The monoisotopic (exact) mass is 331 g/mol. The van der Waals surface area contributed by atoms with Crippen molar-refractivity contribution in [3.63, 3.8) is 0 Å². The fourth-order valence-corrected chi connectivity index (χ4v) is 8.04. The van der Waals surface area contributed by atoms with E-state index in [0.717, 1.165) is 12.8 Å². The standard InChI is InChI=1S/C16H29NO4S/c1-7-14(8-2)10-13(6)11(18)16(17,22(19,20)21)15(14,9-3)12(13,4)5/h7-10,17H2,1-6H3,(H,19,20,21). The summed E-state index contributed by atoms with van der Waals surface area (Å²) in [7, 11) is -4.72. The maximum Gasteiger partial charge on any atom is 0.291 e. The van der Waals surface area contributed by atoms with E-state index in [0.29, 0.717) is 12.8 Å². The molecule has 0 spiro atoms. The molecule has 22 heavy (non-hydrogen) atoms.